The van der Waals surface area contributed by atoms with E-state index in [1.54, 1.807) is 5.57 Å². The molecule has 17 heteroatoms. The Morgan fingerprint density at radius 1 is 0.430 bits per heavy atom. The van der Waals surface area contributed by atoms with Crippen LogP contribution in [0.3, 0.4) is 0 Å². The van der Waals surface area contributed by atoms with E-state index in [1.165, 1.54) is 176 Å². The minimum absolute atomic E-state index is 0.369. The van der Waals surface area contributed by atoms with E-state index in [9.17, 15) is 0 Å². The number of nitrogens with one attached hydrogen (secondary N) is 7. The van der Waals surface area contributed by atoms with Crippen LogP contribution in [-0.2, 0) is 0 Å². The highest BCUT2D eigenvalue weighted by molar-refractivity contribution is 5.89. The van der Waals surface area contributed by atoms with Crippen molar-refractivity contribution in [3.05, 3.63) is 265 Å². The number of para-hydroxylation sites is 4. The summed E-state index contributed by atoms with van der Waals surface area (Å²) in [6.45, 7) is 24.5. The molecule has 0 spiro atoms. The third-order valence-electron chi connectivity index (χ3n) is 23.8. The van der Waals surface area contributed by atoms with Crippen LogP contribution in [0.15, 0.2) is 259 Å². The summed E-state index contributed by atoms with van der Waals surface area (Å²) in [5.74, 6) is 0. The summed E-state index contributed by atoms with van der Waals surface area (Å²) in [4.78, 5) is 32.2. The van der Waals surface area contributed by atoms with Crippen LogP contribution in [0.1, 0.15) is 85.0 Å². The zero-order valence-electron chi connectivity index (χ0n) is 67.0. The summed E-state index contributed by atoms with van der Waals surface area (Å²) in [6, 6.07) is 88.1. The predicted molar refractivity (Wildman–Crippen MR) is 482 cm³/mol. The number of aromatic nitrogens is 4. The first kappa shape index (κ1) is 78.3. The van der Waals surface area contributed by atoms with Gasteiger partial charge in [0.15, 0.2) is 0 Å². The van der Waals surface area contributed by atoms with Crippen molar-refractivity contribution in [1.29, 1.82) is 0 Å². The van der Waals surface area contributed by atoms with Crippen molar-refractivity contribution >= 4 is 77.7 Å². The minimum Gasteiger partial charge on any atom is -0.384 e. The molecule has 18 rings (SSSR count). The maximum absolute atomic E-state index is 8.48. The molecular weight excluding hydrogens is 1400 g/mol. The van der Waals surface area contributed by atoms with E-state index in [2.05, 4.69) is 321 Å². The van der Waals surface area contributed by atoms with E-state index in [0.717, 1.165) is 110 Å². The van der Waals surface area contributed by atoms with Gasteiger partial charge in [0.1, 0.15) is 0 Å². The first-order chi connectivity index (χ1) is 56.1. The van der Waals surface area contributed by atoms with Crippen LogP contribution in [0.25, 0.3) is 99.1 Å². The summed E-state index contributed by atoms with van der Waals surface area (Å²) in [7, 11) is 0. The fourth-order valence-corrected chi connectivity index (χ4v) is 16.9. The van der Waals surface area contributed by atoms with E-state index >= 15 is 0 Å². The Balaban J connectivity index is 0.000000121. The van der Waals surface area contributed by atoms with E-state index in [1.807, 2.05) is 24.3 Å². The average Bonchev–Trinajstić information content (AvgIpc) is 1.73. The lowest BCUT2D eigenvalue weighted by molar-refractivity contribution is 0.116. The molecule has 9 aromatic carbocycles. The molecule has 5 fully saturated rings. The number of benzene rings is 9. The second-order valence-corrected chi connectivity index (χ2v) is 31.8. The van der Waals surface area contributed by atoms with Gasteiger partial charge in [0.25, 0.3) is 0 Å². The average molecular weight is 1520 g/mol. The minimum atomic E-state index is 0.369. The van der Waals surface area contributed by atoms with Gasteiger partial charge in [-0.1, -0.05) is 164 Å². The number of azide groups is 1. The second-order valence-electron chi connectivity index (χ2n) is 31.8. The SMILES string of the molecule is CC(C)N1CCN(CC=C2CCN(c3cccc(-c4cc5ccccc5[nH]4)c3)CC2)CC1.CCCCNC1CCN(c2cccc(-c3cc4ccccc4[nH]3)c2)CC1.NC1CCN(c2cccc(-c3cc4ccccc4[nH]3)c2)CC1.[N-]=[N+]=Nc1ccc(NCCNC2CCN(c3cccc(-c4cc5ccccc5[nH]4)c3)CC2)cc1. The molecule has 9 heterocycles. The quantitative estimate of drug-likeness (QED) is 0.0113. The number of hydrogen-bond donors (Lipinski definition) is 8. The normalized spacial score (nSPS) is 16.2. The van der Waals surface area contributed by atoms with Gasteiger partial charge in [0, 0.05) is 228 Å². The van der Waals surface area contributed by atoms with Gasteiger partial charge in [-0.2, -0.15) is 0 Å². The topological polar surface area (TPSA) is 193 Å². The molecule has 17 nitrogen and oxygen atoms in total. The number of unbranched alkanes of at least 4 members (excludes halogenated alkanes) is 1. The number of anilines is 5. The van der Waals surface area contributed by atoms with Gasteiger partial charge in [-0.25, -0.2) is 0 Å². The van der Waals surface area contributed by atoms with Gasteiger partial charge in [0.2, 0.25) is 0 Å². The van der Waals surface area contributed by atoms with Gasteiger partial charge in [-0.3, -0.25) is 9.80 Å². The Kier molecular flexibility index (Phi) is 26.6. The molecule has 5 aliphatic rings. The monoisotopic (exact) mass is 1520 g/mol. The third kappa shape index (κ3) is 20.7. The molecule has 0 atom stereocenters. The summed E-state index contributed by atoms with van der Waals surface area (Å²) < 4.78 is 0. The highest BCUT2D eigenvalue weighted by Gasteiger charge is 2.24. The van der Waals surface area contributed by atoms with Crippen molar-refractivity contribution in [1.82, 2.24) is 40.4 Å². The Bertz CT molecular complexity index is 5130. The van der Waals surface area contributed by atoms with Crippen LogP contribution < -0.4 is 41.3 Å². The zero-order valence-corrected chi connectivity index (χ0v) is 67.0. The first-order valence-electron chi connectivity index (χ1n) is 42.0. The van der Waals surface area contributed by atoms with Crippen molar-refractivity contribution in [2.24, 2.45) is 10.8 Å². The number of piperazine rings is 1. The molecular formula is C97H115N17. The highest BCUT2D eigenvalue weighted by atomic mass is 15.3. The molecule has 114 heavy (non-hydrogen) atoms. The predicted octanol–water partition coefficient (Wildman–Crippen LogP) is 20.8. The van der Waals surface area contributed by atoms with E-state index < -0.39 is 0 Å². The van der Waals surface area contributed by atoms with Crippen molar-refractivity contribution in [3.63, 3.8) is 0 Å². The molecule has 588 valence electrons. The van der Waals surface area contributed by atoms with E-state index in [-0.39, 0.29) is 0 Å². The molecule has 0 radical (unpaired) electrons. The maximum Gasteiger partial charge on any atom is 0.0465 e. The Morgan fingerprint density at radius 2 is 0.807 bits per heavy atom. The molecule has 5 aliphatic heterocycles. The highest BCUT2D eigenvalue weighted by Crippen LogP contribution is 2.35. The molecule has 0 aliphatic carbocycles. The van der Waals surface area contributed by atoms with Crippen LogP contribution >= 0.6 is 0 Å². The van der Waals surface area contributed by atoms with Crippen molar-refractivity contribution < 1.29 is 0 Å². The van der Waals surface area contributed by atoms with Gasteiger partial charge in [-0.15, -0.1) is 0 Å². The molecule has 9 N–H and O–H groups in total. The lowest BCUT2D eigenvalue weighted by atomic mass is 10.0. The van der Waals surface area contributed by atoms with Crippen LogP contribution in [0.4, 0.5) is 34.1 Å². The number of nitrogens with zero attached hydrogens (tertiary/aromatic N) is 9. The zero-order chi connectivity index (χ0) is 77.8. The number of hydrogen-bond acceptors (Lipinski definition) is 11. The van der Waals surface area contributed by atoms with Crippen molar-refractivity contribution in [2.75, 3.05) is 130 Å². The summed E-state index contributed by atoms with van der Waals surface area (Å²) >= 11 is 0. The number of H-pyrrole nitrogens is 4. The molecule has 0 bridgehead atoms. The summed E-state index contributed by atoms with van der Waals surface area (Å²) in [5, 5.41) is 19.4. The van der Waals surface area contributed by atoms with Gasteiger partial charge >= 0.3 is 0 Å². The number of fused-ring (bicyclic) bond motifs is 4. The molecule has 4 aromatic heterocycles. The fraction of sp³-hybridized carbons (Fsp3) is 0.340. The van der Waals surface area contributed by atoms with Crippen molar-refractivity contribution in [3.8, 4) is 45.0 Å². The Hall–Kier alpha value is -11.0. The van der Waals surface area contributed by atoms with Gasteiger partial charge < -0.3 is 61.2 Å². The lowest BCUT2D eigenvalue weighted by Crippen LogP contribution is -2.48. The maximum atomic E-state index is 8.48. The first-order valence-corrected chi connectivity index (χ1v) is 42.0. The second kappa shape index (κ2) is 38.7. The molecule has 13 aromatic rings. The number of aromatic amines is 4. The number of nitrogens with two attached hydrogens (primary N) is 1. The van der Waals surface area contributed by atoms with Crippen LogP contribution in [0.2, 0.25) is 0 Å². The fourth-order valence-electron chi connectivity index (χ4n) is 16.9. The van der Waals surface area contributed by atoms with Crippen LogP contribution in [0.5, 0.6) is 0 Å². The largest absolute Gasteiger partial charge is 0.384 e. The van der Waals surface area contributed by atoms with Crippen molar-refractivity contribution in [2.45, 2.75) is 109 Å². The third-order valence-corrected chi connectivity index (χ3v) is 23.8. The molecule has 0 saturated carbocycles. The Labute approximate surface area is 673 Å². The summed E-state index contributed by atoms with van der Waals surface area (Å²) in [5.41, 5.74) is 37.6. The number of rotatable bonds is 21. The van der Waals surface area contributed by atoms with E-state index in [4.69, 9.17) is 11.3 Å². The van der Waals surface area contributed by atoms with Crippen LogP contribution in [-0.4, -0.2) is 159 Å². The molecule has 0 amide bonds. The molecule has 0 unspecified atom stereocenters. The summed E-state index contributed by atoms with van der Waals surface area (Å²) in [6.07, 6.45) is 14.3. The van der Waals surface area contributed by atoms with Gasteiger partial charge in [-0.05, 0) is 215 Å². The molecule has 5 saturated heterocycles. The van der Waals surface area contributed by atoms with Gasteiger partial charge in [0.05, 0.1) is 0 Å². The lowest BCUT2D eigenvalue weighted by Gasteiger charge is -2.36. The Morgan fingerprint density at radius 3 is 1.18 bits per heavy atom. The smallest absolute Gasteiger partial charge is 0.0465 e. The van der Waals surface area contributed by atoms with Crippen LogP contribution in [0, 0.1) is 0 Å². The standard InChI is InChI=1S/C28H36N4.C27H29N7.C23H29N3.C19H21N3/c1-22(2)31-18-16-30(17-19-31)13-10-23-11-14-32(15-12-23)26-8-5-7-24(20-26)28-21-25-6-3-4-9-27(25)29-28;28-33-32-24-10-8-22(9-11-24)29-14-15-30-23-12-16-34(17-13-23)25-6-3-5-20(18-25)27-19-21-4-1-2-7-26(21)31-27;1-2-3-13-24-20-11-14-26(15-12-20)21-9-6-8-18(16-21)23-17-19-7-4-5-10-22(19)25-23;20-16-8-10-22(11-9-16)17-6-3-5-14(12-17)19-13-15-4-1-2-7-18(15)21-19/h3-10,20-22,29H,11-19H2,1-2H3;1-11,18-19,23,29-31H,12-17H2;4-10,16-17,20,24-25H,2-3,11-15H2,1H3;1-7,12-13,16,21H,8-11,20H2. The number of piperidine rings is 4. The van der Waals surface area contributed by atoms with E-state index in [0.29, 0.717) is 29.9 Å².